The van der Waals surface area contributed by atoms with Gasteiger partial charge < -0.3 is 10.6 Å². The van der Waals surface area contributed by atoms with Gasteiger partial charge >= 0.3 is 0 Å². The molecule has 0 bridgehead atoms. The summed E-state index contributed by atoms with van der Waals surface area (Å²) in [6, 6.07) is 6.05. The fourth-order valence-electron chi connectivity index (χ4n) is 1.59. The van der Waals surface area contributed by atoms with E-state index >= 15 is 0 Å². The Labute approximate surface area is 111 Å². The molecule has 2 aromatic rings. The molecule has 96 valence electrons. The van der Waals surface area contributed by atoms with Gasteiger partial charge in [-0.05, 0) is 19.1 Å². The zero-order valence-corrected chi connectivity index (χ0v) is 11.5. The molecule has 2 N–H and O–H groups in total. The number of hydrogen-bond donors (Lipinski definition) is 1. The first-order chi connectivity index (χ1) is 8.66. The van der Waals surface area contributed by atoms with Crippen molar-refractivity contribution in [3.63, 3.8) is 0 Å². The maximum atomic E-state index is 5.83. The van der Waals surface area contributed by atoms with E-state index in [0.29, 0.717) is 0 Å². The Kier molecular flexibility index (Phi) is 4.28. The van der Waals surface area contributed by atoms with Crippen molar-refractivity contribution in [1.82, 2.24) is 9.97 Å². The summed E-state index contributed by atoms with van der Waals surface area (Å²) in [7, 11) is 2.05. The third kappa shape index (κ3) is 3.27. The molecule has 1 atom stereocenters. The molecule has 0 aliphatic heterocycles. The molecule has 1 unspecified atom stereocenters. The number of nitrogens with zero attached hydrogens (tertiary/aromatic N) is 3. The van der Waals surface area contributed by atoms with Crippen LogP contribution in [0.1, 0.15) is 23.5 Å². The van der Waals surface area contributed by atoms with Crippen LogP contribution in [-0.4, -0.2) is 23.6 Å². The van der Waals surface area contributed by atoms with Gasteiger partial charge in [-0.1, -0.05) is 6.07 Å². The Morgan fingerprint density at radius 3 is 2.83 bits per heavy atom. The van der Waals surface area contributed by atoms with Crippen molar-refractivity contribution in [2.75, 3.05) is 18.5 Å². The highest BCUT2D eigenvalue weighted by Gasteiger charge is 2.09. The molecular weight excluding hydrogens is 244 g/mol. The number of hydrogen-bond acceptors (Lipinski definition) is 5. The molecule has 4 nitrogen and oxygen atoms in total. The van der Waals surface area contributed by atoms with Crippen molar-refractivity contribution in [2.45, 2.75) is 19.4 Å². The molecule has 5 heteroatoms. The van der Waals surface area contributed by atoms with E-state index in [0.717, 1.165) is 28.7 Å². The number of pyridine rings is 1. The van der Waals surface area contributed by atoms with E-state index in [1.807, 2.05) is 44.6 Å². The number of thiazole rings is 1. The average molecular weight is 262 g/mol. The minimum atomic E-state index is 0.0560. The summed E-state index contributed by atoms with van der Waals surface area (Å²) in [4.78, 5) is 12.0. The van der Waals surface area contributed by atoms with Crippen LogP contribution in [0.2, 0.25) is 0 Å². The first-order valence-electron chi connectivity index (χ1n) is 5.99. The number of likely N-dealkylation sites (N-methyl/N-ethyl adjacent to an activating group) is 1. The second kappa shape index (κ2) is 5.93. The summed E-state index contributed by atoms with van der Waals surface area (Å²) in [6.07, 6.45) is 4.61. The molecule has 0 aliphatic carbocycles. The molecule has 0 amide bonds. The number of nitrogens with two attached hydrogens (primary N) is 1. The van der Waals surface area contributed by atoms with Gasteiger partial charge in [0.1, 0.15) is 0 Å². The Bertz CT molecular complexity index is 481. The first-order valence-corrected chi connectivity index (χ1v) is 6.81. The second-order valence-electron chi connectivity index (χ2n) is 4.33. The number of aromatic nitrogens is 2. The van der Waals surface area contributed by atoms with Crippen LogP contribution in [0.4, 0.5) is 5.13 Å². The minimum absolute atomic E-state index is 0.0560. The molecular formula is C13H18N4S. The van der Waals surface area contributed by atoms with Gasteiger partial charge in [0.2, 0.25) is 0 Å². The van der Waals surface area contributed by atoms with Crippen molar-refractivity contribution in [3.8, 4) is 0 Å². The van der Waals surface area contributed by atoms with Crippen molar-refractivity contribution >= 4 is 16.5 Å². The molecule has 0 radical (unpaired) electrons. The molecule has 2 heterocycles. The van der Waals surface area contributed by atoms with Crippen molar-refractivity contribution in [3.05, 3.63) is 41.2 Å². The Morgan fingerprint density at radius 2 is 2.22 bits per heavy atom. The monoisotopic (exact) mass is 262 g/mol. The van der Waals surface area contributed by atoms with Crippen LogP contribution in [0.15, 0.2) is 30.6 Å². The smallest absolute Gasteiger partial charge is 0.185 e. The number of rotatable bonds is 5. The second-order valence-corrected chi connectivity index (χ2v) is 5.37. The van der Waals surface area contributed by atoms with Gasteiger partial charge in [0.15, 0.2) is 5.13 Å². The van der Waals surface area contributed by atoms with Crippen LogP contribution in [0.3, 0.4) is 0 Å². The van der Waals surface area contributed by atoms with Gasteiger partial charge in [-0.25, -0.2) is 4.98 Å². The predicted octanol–water partition coefficient (Wildman–Crippen LogP) is 2.24. The molecule has 0 aliphatic rings. The van der Waals surface area contributed by atoms with Gasteiger partial charge in [-0.15, -0.1) is 11.3 Å². The first kappa shape index (κ1) is 13.0. The lowest BCUT2D eigenvalue weighted by molar-refractivity contribution is 0.833. The van der Waals surface area contributed by atoms with Gasteiger partial charge in [-0.3, -0.25) is 4.98 Å². The standard InChI is InChI=1S/C13H18N4S/c1-10(14)12-9-16-13(18-12)17(2)8-6-11-5-3-4-7-15-11/h3-5,7,9-10H,6,8,14H2,1-2H3. The lowest BCUT2D eigenvalue weighted by atomic mass is 10.2. The van der Waals surface area contributed by atoms with E-state index in [4.69, 9.17) is 5.73 Å². The number of anilines is 1. The largest absolute Gasteiger partial charge is 0.351 e. The molecule has 0 fully saturated rings. The lowest BCUT2D eigenvalue weighted by Crippen LogP contribution is -2.20. The summed E-state index contributed by atoms with van der Waals surface area (Å²) in [5, 5.41) is 1.01. The maximum absolute atomic E-state index is 5.83. The quantitative estimate of drug-likeness (QED) is 0.898. The summed E-state index contributed by atoms with van der Waals surface area (Å²) in [5.74, 6) is 0. The van der Waals surface area contributed by atoms with E-state index in [1.54, 1.807) is 11.3 Å². The fourth-order valence-corrected chi connectivity index (χ4v) is 2.44. The van der Waals surface area contributed by atoms with Gasteiger partial charge in [0, 0.05) is 49.0 Å². The normalized spacial score (nSPS) is 12.4. The summed E-state index contributed by atoms with van der Waals surface area (Å²) < 4.78 is 0. The summed E-state index contributed by atoms with van der Waals surface area (Å²) in [6.45, 7) is 2.88. The van der Waals surface area contributed by atoms with Crippen LogP contribution >= 0.6 is 11.3 Å². The molecule has 2 aromatic heterocycles. The Balaban J connectivity index is 1.93. The highest BCUT2D eigenvalue weighted by Crippen LogP contribution is 2.25. The Morgan fingerprint density at radius 1 is 1.39 bits per heavy atom. The Hall–Kier alpha value is -1.46. The molecule has 0 aromatic carbocycles. The lowest BCUT2D eigenvalue weighted by Gasteiger charge is -2.15. The van der Waals surface area contributed by atoms with E-state index in [9.17, 15) is 0 Å². The van der Waals surface area contributed by atoms with Gasteiger partial charge in [-0.2, -0.15) is 0 Å². The third-order valence-electron chi connectivity index (χ3n) is 2.72. The maximum Gasteiger partial charge on any atom is 0.185 e. The van der Waals surface area contributed by atoms with Gasteiger partial charge in [0.05, 0.1) is 0 Å². The molecule has 2 rings (SSSR count). The average Bonchev–Trinajstić information content (AvgIpc) is 2.87. The van der Waals surface area contributed by atoms with E-state index in [1.165, 1.54) is 0 Å². The van der Waals surface area contributed by atoms with Crippen molar-refractivity contribution in [1.29, 1.82) is 0 Å². The van der Waals surface area contributed by atoms with Crippen LogP contribution < -0.4 is 10.6 Å². The van der Waals surface area contributed by atoms with E-state index in [2.05, 4.69) is 14.9 Å². The predicted molar refractivity (Wildman–Crippen MR) is 75.9 cm³/mol. The SMILES string of the molecule is CC(N)c1cnc(N(C)CCc2ccccn2)s1. The molecule has 0 saturated carbocycles. The van der Waals surface area contributed by atoms with Crippen LogP contribution in [0.25, 0.3) is 0 Å². The highest BCUT2D eigenvalue weighted by molar-refractivity contribution is 7.15. The van der Waals surface area contributed by atoms with Crippen LogP contribution in [-0.2, 0) is 6.42 Å². The molecule has 0 spiro atoms. The highest BCUT2D eigenvalue weighted by atomic mass is 32.1. The summed E-state index contributed by atoms with van der Waals surface area (Å²) >= 11 is 1.65. The minimum Gasteiger partial charge on any atom is -0.351 e. The van der Waals surface area contributed by atoms with E-state index < -0.39 is 0 Å². The molecule has 18 heavy (non-hydrogen) atoms. The fraction of sp³-hybridized carbons (Fsp3) is 0.385. The molecule has 0 saturated heterocycles. The van der Waals surface area contributed by atoms with Gasteiger partial charge in [0.25, 0.3) is 0 Å². The topological polar surface area (TPSA) is 55.0 Å². The zero-order chi connectivity index (χ0) is 13.0. The third-order valence-corrected chi connectivity index (χ3v) is 4.03. The van der Waals surface area contributed by atoms with E-state index in [-0.39, 0.29) is 6.04 Å². The zero-order valence-electron chi connectivity index (χ0n) is 10.7. The van der Waals surface area contributed by atoms with Crippen LogP contribution in [0.5, 0.6) is 0 Å². The summed E-state index contributed by atoms with van der Waals surface area (Å²) in [5.41, 5.74) is 6.94. The van der Waals surface area contributed by atoms with Crippen molar-refractivity contribution < 1.29 is 0 Å². The van der Waals surface area contributed by atoms with Crippen molar-refractivity contribution in [2.24, 2.45) is 5.73 Å². The van der Waals surface area contributed by atoms with Crippen LogP contribution in [0, 0.1) is 0 Å².